The van der Waals surface area contributed by atoms with Crippen molar-refractivity contribution >= 4 is 34.1 Å². The second-order valence-corrected chi connectivity index (χ2v) is 11.1. The summed E-state index contributed by atoms with van der Waals surface area (Å²) in [5.74, 6) is 0.0351. The largest absolute Gasteiger partial charge is 0.310 e. The van der Waals surface area contributed by atoms with Crippen LogP contribution in [0.25, 0.3) is 0 Å². The van der Waals surface area contributed by atoms with Crippen LogP contribution in [-0.2, 0) is 0 Å². The van der Waals surface area contributed by atoms with Gasteiger partial charge in [-0.05, 0) is 83.4 Å². The molecule has 0 heterocycles. The second kappa shape index (κ2) is 13.2. The Morgan fingerprint density at radius 3 is 0.800 bits per heavy atom. The van der Waals surface area contributed by atoms with Gasteiger partial charge in [-0.2, -0.15) is 0 Å². The summed E-state index contributed by atoms with van der Waals surface area (Å²) in [7, 11) is 0. The van der Waals surface area contributed by atoms with E-state index in [0.29, 0.717) is 0 Å². The van der Waals surface area contributed by atoms with Crippen LogP contribution in [0.3, 0.4) is 0 Å². The van der Waals surface area contributed by atoms with Gasteiger partial charge in [-0.3, -0.25) is 0 Å². The maximum atomic E-state index is 2.36. The fourth-order valence-corrected chi connectivity index (χ4v) is 6.11. The Balaban J connectivity index is 1.52. The first kappa shape index (κ1) is 27.9. The van der Waals surface area contributed by atoms with Crippen LogP contribution in [0.1, 0.15) is 22.6 Å². The molecule has 0 radical (unpaired) electrons. The minimum absolute atomic E-state index is 0.0351. The number of hydrogen-bond acceptors (Lipinski definition) is 2. The smallest absolute Gasteiger partial charge is 0.0485 e. The highest BCUT2D eigenvalue weighted by Gasteiger charge is 2.23. The highest BCUT2D eigenvalue weighted by molar-refractivity contribution is 5.84. The number of para-hydroxylation sites is 4. The molecule has 216 valence electrons. The molecule has 0 saturated carbocycles. The van der Waals surface area contributed by atoms with Gasteiger partial charge in [0.1, 0.15) is 0 Å². The van der Waals surface area contributed by atoms with E-state index < -0.39 is 0 Å². The van der Waals surface area contributed by atoms with Crippen molar-refractivity contribution in [2.45, 2.75) is 5.92 Å². The van der Waals surface area contributed by atoms with Crippen molar-refractivity contribution in [2.24, 2.45) is 0 Å². The highest BCUT2D eigenvalue weighted by Crippen LogP contribution is 2.44. The van der Waals surface area contributed by atoms with Crippen LogP contribution >= 0.6 is 0 Å². The third-order valence-electron chi connectivity index (χ3n) is 8.10. The lowest BCUT2D eigenvalue weighted by Gasteiger charge is -2.31. The minimum Gasteiger partial charge on any atom is -0.310 e. The van der Waals surface area contributed by atoms with Crippen molar-refractivity contribution in [3.8, 4) is 0 Å². The lowest BCUT2D eigenvalue weighted by Crippen LogP contribution is -2.15. The number of nitrogens with zero attached hydrogens (tertiary/aromatic N) is 2. The van der Waals surface area contributed by atoms with Gasteiger partial charge in [-0.15, -0.1) is 0 Å². The van der Waals surface area contributed by atoms with Crippen LogP contribution in [0.5, 0.6) is 0 Å². The first-order chi connectivity index (χ1) is 22.3. The summed E-state index contributed by atoms with van der Waals surface area (Å²) in [5, 5.41) is 0. The zero-order chi connectivity index (χ0) is 30.3. The molecule has 2 heteroatoms. The van der Waals surface area contributed by atoms with Crippen LogP contribution < -0.4 is 9.80 Å². The number of hydrogen-bond donors (Lipinski definition) is 0. The summed E-state index contributed by atoms with van der Waals surface area (Å²) in [4.78, 5) is 4.71. The van der Waals surface area contributed by atoms with Crippen LogP contribution in [0.4, 0.5) is 34.1 Å². The molecular formula is C43H34N2. The average Bonchev–Trinajstić information content (AvgIpc) is 3.12. The van der Waals surface area contributed by atoms with Crippen molar-refractivity contribution in [3.63, 3.8) is 0 Å². The van der Waals surface area contributed by atoms with Gasteiger partial charge in [0, 0.05) is 40.0 Å². The normalized spacial score (nSPS) is 10.9. The summed E-state index contributed by atoms with van der Waals surface area (Å²) in [6.07, 6.45) is 0. The van der Waals surface area contributed by atoms with Gasteiger partial charge in [-0.1, -0.05) is 133 Å². The molecule has 45 heavy (non-hydrogen) atoms. The topological polar surface area (TPSA) is 6.48 Å². The molecule has 0 atom stereocenters. The standard InChI is InChI=1S/C43H34N2/c1-7-19-34(20-8-1)43(35-21-9-2-10-22-35)36-31-41(44(37-23-11-3-12-24-37)38-25-13-4-14-26-38)33-42(32-36)45(39-27-15-5-16-28-39)40-29-17-6-18-30-40/h1-33,43H. The fourth-order valence-electron chi connectivity index (χ4n) is 6.11. The predicted octanol–water partition coefficient (Wildman–Crippen LogP) is 11.8. The van der Waals surface area contributed by atoms with E-state index in [1.54, 1.807) is 0 Å². The predicted molar refractivity (Wildman–Crippen MR) is 190 cm³/mol. The van der Waals surface area contributed by atoms with Crippen LogP contribution in [0, 0.1) is 0 Å². The van der Waals surface area contributed by atoms with Gasteiger partial charge in [0.15, 0.2) is 0 Å². The molecule has 0 unspecified atom stereocenters. The van der Waals surface area contributed by atoms with E-state index >= 15 is 0 Å². The molecule has 0 amide bonds. The first-order valence-corrected chi connectivity index (χ1v) is 15.4. The fraction of sp³-hybridized carbons (Fsp3) is 0.0233. The molecule has 0 aliphatic rings. The molecular weight excluding hydrogens is 544 g/mol. The zero-order valence-electron chi connectivity index (χ0n) is 25.0. The zero-order valence-corrected chi connectivity index (χ0v) is 25.0. The van der Waals surface area contributed by atoms with E-state index in [1.165, 1.54) is 16.7 Å². The molecule has 0 aliphatic heterocycles. The summed E-state index contributed by atoms with van der Waals surface area (Å²) < 4.78 is 0. The third-order valence-corrected chi connectivity index (χ3v) is 8.10. The van der Waals surface area contributed by atoms with Crippen LogP contribution in [-0.4, -0.2) is 0 Å². The Bertz CT molecular complexity index is 1560. The van der Waals surface area contributed by atoms with Crippen molar-refractivity contribution < 1.29 is 0 Å². The van der Waals surface area contributed by atoms with Gasteiger partial charge in [-0.25, -0.2) is 0 Å². The highest BCUT2D eigenvalue weighted by atomic mass is 15.2. The lowest BCUT2D eigenvalue weighted by atomic mass is 9.84. The number of rotatable bonds is 9. The number of anilines is 6. The molecule has 7 aromatic rings. The van der Waals surface area contributed by atoms with Crippen molar-refractivity contribution in [1.82, 2.24) is 0 Å². The van der Waals surface area contributed by atoms with Crippen molar-refractivity contribution in [1.29, 1.82) is 0 Å². The van der Waals surface area contributed by atoms with E-state index in [9.17, 15) is 0 Å². The second-order valence-electron chi connectivity index (χ2n) is 11.1. The van der Waals surface area contributed by atoms with Gasteiger partial charge >= 0.3 is 0 Å². The molecule has 0 saturated heterocycles. The molecule has 0 fully saturated rings. The van der Waals surface area contributed by atoms with Crippen LogP contribution in [0.2, 0.25) is 0 Å². The lowest BCUT2D eigenvalue weighted by molar-refractivity contribution is 0.975. The quantitative estimate of drug-likeness (QED) is 0.157. The minimum atomic E-state index is 0.0351. The Morgan fingerprint density at radius 2 is 0.511 bits per heavy atom. The van der Waals surface area contributed by atoms with E-state index in [1.807, 2.05) is 0 Å². The molecule has 2 nitrogen and oxygen atoms in total. The molecule has 0 aromatic heterocycles. The SMILES string of the molecule is c1ccc(C(c2ccccc2)c2cc(N(c3ccccc3)c3ccccc3)cc(N(c3ccccc3)c3ccccc3)c2)cc1. The van der Waals surface area contributed by atoms with E-state index in [4.69, 9.17) is 0 Å². The average molecular weight is 579 g/mol. The van der Waals surface area contributed by atoms with Gasteiger partial charge in [0.2, 0.25) is 0 Å². The molecule has 0 N–H and O–H groups in total. The summed E-state index contributed by atoms with van der Waals surface area (Å²) in [6.45, 7) is 0. The van der Waals surface area contributed by atoms with E-state index in [0.717, 1.165) is 34.1 Å². The van der Waals surface area contributed by atoms with Crippen molar-refractivity contribution in [3.05, 3.63) is 217 Å². The first-order valence-electron chi connectivity index (χ1n) is 15.4. The van der Waals surface area contributed by atoms with E-state index in [2.05, 4.69) is 210 Å². The molecule has 7 rings (SSSR count). The number of benzene rings is 7. The molecule has 7 aromatic carbocycles. The molecule has 0 spiro atoms. The van der Waals surface area contributed by atoms with Gasteiger partial charge in [0.25, 0.3) is 0 Å². The molecule has 0 aliphatic carbocycles. The Labute approximate surface area is 266 Å². The molecule has 0 bridgehead atoms. The Kier molecular flexibility index (Phi) is 8.19. The monoisotopic (exact) mass is 578 g/mol. The maximum absolute atomic E-state index is 2.36. The Hall–Kier alpha value is -5.86. The van der Waals surface area contributed by atoms with Crippen molar-refractivity contribution in [2.75, 3.05) is 9.80 Å². The summed E-state index contributed by atoms with van der Waals surface area (Å²) in [5.41, 5.74) is 10.3. The Morgan fingerprint density at radius 1 is 0.244 bits per heavy atom. The van der Waals surface area contributed by atoms with E-state index in [-0.39, 0.29) is 5.92 Å². The third kappa shape index (κ3) is 6.13. The summed E-state index contributed by atoms with van der Waals surface area (Å²) >= 11 is 0. The van der Waals surface area contributed by atoms with Gasteiger partial charge < -0.3 is 9.80 Å². The van der Waals surface area contributed by atoms with Crippen LogP contribution in [0.15, 0.2) is 200 Å². The van der Waals surface area contributed by atoms with Gasteiger partial charge in [0.05, 0.1) is 0 Å². The maximum Gasteiger partial charge on any atom is 0.0485 e. The summed E-state index contributed by atoms with van der Waals surface area (Å²) in [6, 6.07) is 71.3.